The summed E-state index contributed by atoms with van der Waals surface area (Å²) >= 11 is 0. The summed E-state index contributed by atoms with van der Waals surface area (Å²) in [6, 6.07) is 14.8. The lowest BCUT2D eigenvalue weighted by molar-refractivity contribution is 0.0946. The minimum atomic E-state index is -0.0526. The molecule has 0 aliphatic carbocycles. The fourth-order valence-corrected chi connectivity index (χ4v) is 3.04. The van der Waals surface area contributed by atoms with E-state index in [4.69, 9.17) is 11.0 Å². The summed E-state index contributed by atoms with van der Waals surface area (Å²) < 4.78 is 0. The first-order valence-corrected chi connectivity index (χ1v) is 8.20. The highest BCUT2D eigenvalue weighted by Crippen LogP contribution is 2.28. The Bertz CT molecular complexity index is 1050. The number of nitrogens with zero attached hydrogens (tertiary/aromatic N) is 3. The number of hydrogen-bond donors (Lipinski definition) is 2. The molecule has 0 spiro atoms. The maximum Gasteiger partial charge on any atom is 0.251 e. The molecule has 0 fully saturated rings. The minimum absolute atomic E-state index is 0.0526. The first-order valence-electron chi connectivity index (χ1n) is 8.20. The monoisotopic (exact) mass is 341 g/mol. The zero-order valence-corrected chi connectivity index (χ0v) is 13.9. The average molecular weight is 341 g/mol. The van der Waals surface area contributed by atoms with Crippen molar-refractivity contribution in [2.24, 2.45) is 0 Å². The summed E-state index contributed by atoms with van der Waals surface area (Å²) in [5.41, 5.74) is 11.3. The van der Waals surface area contributed by atoms with Gasteiger partial charge in [0.05, 0.1) is 23.5 Å². The Morgan fingerprint density at radius 1 is 1.12 bits per heavy atom. The number of amides is 1. The van der Waals surface area contributed by atoms with Crippen molar-refractivity contribution in [1.29, 1.82) is 5.26 Å². The average Bonchev–Trinajstić information content (AvgIpc) is 2.68. The van der Waals surface area contributed by atoms with Crippen LogP contribution in [0.5, 0.6) is 0 Å². The van der Waals surface area contributed by atoms with Crippen LogP contribution in [0.2, 0.25) is 0 Å². The summed E-state index contributed by atoms with van der Waals surface area (Å²) in [4.78, 5) is 20.8. The highest BCUT2D eigenvalue weighted by Gasteiger charge is 2.18. The number of fused-ring (bicyclic) bond motifs is 1. The SMILES string of the molecule is N#Cc1ccc(-c2cnc(N)c(-c3ccc4c(c3)CCNC4=O)n2)cc1. The molecule has 0 bridgehead atoms. The molecule has 1 amide bonds. The molecule has 0 saturated heterocycles. The number of anilines is 1. The normalized spacial score (nSPS) is 12.8. The van der Waals surface area contributed by atoms with Crippen LogP contribution in [-0.4, -0.2) is 22.4 Å². The van der Waals surface area contributed by atoms with Gasteiger partial charge < -0.3 is 11.1 Å². The zero-order chi connectivity index (χ0) is 18.1. The number of nitriles is 1. The molecule has 3 aromatic rings. The van der Waals surface area contributed by atoms with Crippen LogP contribution in [-0.2, 0) is 6.42 Å². The van der Waals surface area contributed by atoms with Crippen molar-refractivity contribution in [3.63, 3.8) is 0 Å². The molecule has 0 radical (unpaired) electrons. The Hall–Kier alpha value is -3.72. The quantitative estimate of drug-likeness (QED) is 0.745. The molecule has 0 unspecified atom stereocenters. The van der Waals surface area contributed by atoms with Crippen molar-refractivity contribution >= 4 is 11.7 Å². The van der Waals surface area contributed by atoms with Crippen LogP contribution in [0.3, 0.4) is 0 Å². The first-order chi connectivity index (χ1) is 12.7. The molecule has 3 N–H and O–H groups in total. The van der Waals surface area contributed by atoms with Crippen LogP contribution < -0.4 is 11.1 Å². The Kier molecular flexibility index (Phi) is 3.82. The summed E-state index contributed by atoms with van der Waals surface area (Å²) in [6.45, 7) is 0.627. The van der Waals surface area contributed by atoms with Crippen molar-refractivity contribution in [3.05, 3.63) is 65.4 Å². The number of nitrogen functional groups attached to an aromatic ring is 1. The maximum atomic E-state index is 11.9. The number of aromatic nitrogens is 2. The van der Waals surface area contributed by atoms with Crippen LogP contribution in [0.4, 0.5) is 5.82 Å². The molecule has 1 aliphatic heterocycles. The van der Waals surface area contributed by atoms with Crippen LogP contribution in [0.25, 0.3) is 22.5 Å². The summed E-state index contributed by atoms with van der Waals surface area (Å²) in [7, 11) is 0. The Labute approximate surface area is 150 Å². The number of nitrogens with two attached hydrogens (primary N) is 1. The third-order valence-corrected chi connectivity index (χ3v) is 4.41. The molecule has 4 rings (SSSR count). The molecular formula is C20H15N5O. The van der Waals surface area contributed by atoms with E-state index in [0.717, 1.165) is 23.1 Å². The number of rotatable bonds is 2. The molecule has 1 aromatic heterocycles. The number of nitrogens with one attached hydrogen (secondary N) is 1. The molecule has 6 heteroatoms. The minimum Gasteiger partial charge on any atom is -0.382 e. The lowest BCUT2D eigenvalue weighted by Crippen LogP contribution is -2.31. The molecule has 2 heterocycles. The Balaban J connectivity index is 1.77. The molecule has 26 heavy (non-hydrogen) atoms. The van der Waals surface area contributed by atoms with Crippen LogP contribution in [0.15, 0.2) is 48.7 Å². The topological polar surface area (TPSA) is 105 Å². The van der Waals surface area contributed by atoms with Crippen molar-refractivity contribution in [2.45, 2.75) is 6.42 Å². The van der Waals surface area contributed by atoms with Gasteiger partial charge in [0, 0.05) is 23.2 Å². The maximum absolute atomic E-state index is 11.9. The van der Waals surface area contributed by atoms with E-state index < -0.39 is 0 Å². The summed E-state index contributed by atoms with van der Waals surface area (Å²) in [5, 5.41) is 11.8. The number of benzene rings is 2. The third-order valence-electron chi connectivity index (χ3n) is 4.41. The van der Waals surface area contributed by atoms with Crippen molar-refractivity contribution in [3.8, 4) is 28.6 Å². The van der Waals surface area contributed by atoms with Crippen LogP contribution in [0.1, 0.15) is 21.5 Å². The van der Waals surface area contributed by atoms with E-state index in [0.29, 0.717) is 34.9 Å². The van der Waals surface area contributed by atoms with Gasteiger partial charge in [0.25, 0.3) is 5.91 Å². The highest BCUT2D eigenvalue weighted by atomic mass is 16.1. The first kappa shape index (κ1) is 15.8. The summed E-state index contributed by atoms with van der Waals surface area (Å²) in [6.07, 6.45) is 2.39. The van der Waals surface area contributed by atoms with Gasteiger partial charge in [-0.15, -0.1) is 0 Å². The lowest BCUT2D eigenvalue weighted by Gasteiger charge is -2.17. The Morgan fingerprint density at radius 2 is 1.88 bits per heavy atom. The Morgan fingerprint density at radius 3 is 2.65 bits per heavy atom. The number of carbonyl (C=O) groups is 1. The molecule has 2 aromatic carbocycles. The van der Waals surface area contributed by atoms with Gasteiger partial charge in [-0.3, -0.25) is 4.79 Å². The van der Waals surface area contributed by atoms with E-state index in [9.17, 15) is 4.79 Å². The van der Waals surface area contributed by atoms with Crippen molar-refractivity contribution in [1.82, 2.24) is 15.3 Å². The highest BCUT2D eigenvalue weighted by molar-refractivity contribution is 5.97. The number of carbonyl (C=O) groups excluding carboxylic acids is 1. The fraction of sp³-hybridized carbons (Fsp3) is 0.100. The van der Waals surface area contributed by atoms with Crippen LogP contribution >= 0.6 is 0 Å². The molecule has 0 saturated carbocycles. The number of hydrogen-bond acceptors (Lipinski definition) is 5. The second-order valence-electron chi connectivity index (χ2n) is 6.06. The van der Waals surface area contributed by atoms with Gasteiger partial charge in [-0.05, 0) is 36.2 Å². The third kappa shape index (κ3) is 2.76. The lowest BCUT2D eigenvalue weighted by atomic mass is 9.96. The van der Waals surface area contributed by atoms with Gasteiger partial charge in [-0.1, -0.05) is 18.2 Å². The molecule has 1 aliphatic rings. The molecular weight excluding hydrogens is 326 g/mol. The van der Waals surface area contributed by atoms with E-state index in [1.54, 1.807) is 24.4 Å². The standard InChI is InChI=1S/C20H15N5O/c21-10-12-1-3-13(4-2-12)17-11-24-19(22)18(25-17)15-5-6-16-14(9-15)7-8-23-20(16)26/h1-6,9,11H,7-8H2,(H2,22,24)(H,23,26). The predicted molar refractivity (Wildman–Crippen MR) is 98.1 cm³/mol. The van der Waals surface area contributed by atoms with Gasteiger partial charge in [0.1, 0.15) is 11.5 Å². The molecule has 6 nitrogen and oxygen atoms in total. The van der Waals surface area contributed by atoms with Crippen molar-refractivity contribution < 1.29 is 4.79 Å². The van der Waals surface area contributed by atoms with E-state index in [1.165, 1.54) is 0 Å². The smallest absolute Gasteiger partial charge is 0.251 e. The fourth-order valence-electron chi connectivity index (χ4n) is 3.04. The molecule has 126 valence electrons. The predicted octanol–water partition coefficient (Wildman–Crippen LogP) is 2.55. The summed E-state index contributed by atoms with van der Waals surface area (Å²) in [5.74, 6) is 0.283. The van der Waals surface area contributed by atoms with Gasteiger partial charge in [0.2, 0.25) is 0 Å². The van der Waals surface area contributed by atoms with Gasteiger partial charge in [-0.2, -0.15) is 5.26 Å². The van der Waals surface area contributed by atoms with Gasteiger partial charge in [-0.25, -0.2) is 9.97 Å². The largest absolute Gasteiger partial charge is 0.382 e. The van der Waals surface area contributed by atoms with E-state index >= 15 is 0 Å². The second kappa shape index (κ2) is 6.30. The zero-order valence-electron chi connectivity index (χ0n) is 13.9. The van der Waals surface area contributed by atoms with E-state index in [2.05, 4.69) is 21.4 Å². The van der Waals surface area contributed by atoms with Gasteiger partial charge in [0.15, 0.2) is 0 Å². The van der Waals surface area contributed by atoms with E-state index in [1.807, 2.05) is 24.3 Å². The molecule has 0 atom stereocenters. The van der Waals surface area contributed by atoms with Crippen molar-refractivity contribution in [2.75, 3.05) is 12.3 Å². The van der Waals surface area contributed by atoms with Gasteiger partial charge >= 0.3 is 0 Å². The van der Waals surface area contributed by atoms with Crippen LogP contribution in [0, 0.1) is 11.3 Å². The second-order valence-corrected chi connectivity index (χ2v) is 6.06. The van der Waals surface area contributed by atoms with E-state index in [-0.39, 0.29) is 5.91 Å².